The van der Waals surface area contributed by atoms with Crippen molar-refractivity contribution in [2.75, 3.05) is 40.3 Å². The summed E-state index contributed by atoms with van der Waals surface area (Å²) in [4.78, 5) is 20.4. The molecule has 1 N–H and O–H groups in total. The number of likely N-dealkylation sites (N-methyl/N-ethyl adjacent to an activating group) is 1. The van der Waals surface area contributed by atoms with Gasteiger partial charge in [0, 0.05) is 33.7 Å². The molecule has 0 saturated carbocycles. The summed E-state index contributed by atoms with van der Waals surface area (Å²) in [5.41, 5.74) is 1.40. The third-order valence-corrected chi connectivity index (χ3v) is 4.63. The lowest BCUT2D eigenvalue weighted by Crippen LogP contribution is -2.41. The van der Waals surface area contributed by atoms with Gasteiger partial charge < -0.3 is 15.1 Å². The highest BCUT2D eigenvalue weighted by Crippen LogP contribution is 2.20. The first-order valence-corrected chi connectivity index (χ1v) is 9.37. The molecule has 1 aliphatic heterocycles. The van der Waals surface area contributed by atoms with Gasteiger partial charge in [-0.1, -0.05) is 43.7 Å². The zero-order valence-corrected chi connectivity index (χ0v) is 18.6. The molecular formula is C20H33IN4O. The van der Waals surface area contributed by atoms with Crippen molar-refractivity contribution in [2.45, 2.75) is 32.6 Å². The maximum Gasteiger partial charge on any atom is 0.243 e. The number of hydrogen-bond donors (Lipinski definition) is 1. The summed E-state index contributed by atoms with van der Waals surface area (Å²) < 4.78 is 0. The topological polar surface area (TPSA) is 47.9 Å². The van der Waals surface area contributed by atoms with Crippen LogP contribution in [0.4, 0.5) is 0 Å². The van der Waals surface area contributed by atoms with E-state index < -0.39 is 0 Å². The van der Waals surface area contributed by atoms with E-state index in [0.717, 1.165) is 44.9 Å². The Bertz CT molecular complexity index is 562. The standard InChI is InChI=1S/C20H32N4O.HI/c1-4-5-12-21-20(22-15-19(25)23(2)3)24-13-11-18(16-24)14-17-9-7-6-8-10-17;/h6-10,18H,4-5,11-16H2,1-3H3,(H,21,22);1H. The van der Waals surface area contributed by atoms with Crippen LogP contribution in [0.15, 0.2) is 35.3 Å². The summed E-state index contributed by atoms with van der Waals surface area (Å²) >= 11 is 0. The van der Waals surface area contributed by atoms with Gasteiger partial charge in [-0.05, 0) is 30.7 Å². The Balaban J connectivity index is 0.00000338. The van der Waals surface area contributed by atoms with E-state index in [2.05, 4.69) is 52.5 Å². The molecule has 5 nitrogen and oxygen atoms in total. The minimum Gasteiger partial charge on any atom is -0.356 e. The first-order chi connectivity index (χ1) is 12.1. The van der Waals surface area contributed by atoms with Crippen LogP contribution in [0, 0.1) is 5.92 Å². The predicted octanol–water partition coefficient (Wildman–Crippen LogP) is 3.00. The van der Waals surface area contributed by atoms with Gasteiger partial charge in [-0.2, -0.15) is 0 Å². The molecule has 0 spiro atoms. The lowest BCUT2D eigenvalue weighted by atomic mass is 9.99. The number of guanidine groups is 1. The van der Waals surface area contributed by atoms with Crippen LogP contribution in [-0.4, -0.2) is 61.9 Å². The molecule has 1 amide bonds. The second-order valence-electron chi connectivity index (χ2n) is 7.00. The van der Waals surface area contributed by atoms with Gasteiger partial charge in [0.25, 0.3) is 0 Å². The minimum absolute atomic E-state index is 0. The number of likely N-dealkylation sites (tertiary alicyclic amines) is 1. The zero-order valence-electron chi connectivity index (χ0n) is 16.3. The Labute approximate surface area is 175 Å². The molecule has 2 rings (SSSR count). The molecule has 6 heteroatoms. The third-order valence-electron chi connectivity index (χ3n) is 4.63. The van der Waals surface area contributed by atoms with Crippen LogP contribution in [0.3, 0.4) is 0 Å². The average molecular weight is 472 g/mol. The van der Waals surface area contributed by atoms with Gasteiger partial charge in [-0.15, -0.1) is 24.0 Å². The fraction of sp³-hybridized carbons (Fsp3) is 0.600. The number of unbranched alkanes of at least 4 members (excludes halogenated alkanes) is 1. The zero-order chi connectivity index (χ0) is 18.1. The molecule has 1 fully saturated rings. The summed E-state index contributed by atoms with van der Waals surface area (Å²) in [6, 6.07) is 10.7. The van der Waals surface area contributed by atoms with Crippen LogP contribution in [0.1, 0.15) is 31.7 Å². The summed E-state index contributed by atoms with van der Waals surface area (Å²) in [6.07, 6.45) is 4.54. The molecule has 1 aromatic carbocycles. The lowest BCUT2D eigenvalue weighted by Gasteiger charge is -2.22. The SMILES string of the molecule is CCCCNC(=NCC(=O)N(C)C)N1CCC(Cc2ccccc2)C1.I. The Morgan fingerprint density at radius 3 is 2.69 bits per heavy atom. The van der Waals surface area contributed by atoms with E-state index in [-0.39, 0.29) is 36.4 Å². The highest BCUT2D eigenvalue weighted by Gasteiger charge is 2.25. The molecular weight excluding hydrogens is 439 g/mol. The second kappa shape index (κ2) is 12.1. The number of hydrogen-bond acceptors (Lipinski definition) is 2. The number of carbonyl (C=O) groups is 1. The van der Waals surface area contributed by atoms with Gasteiger partial charge in [-0.3, -0.25) is 4.79 Å². The maximum atomic E-state index is 11.9. The van der Waals surface area contributed by atoms with Crippen LogP contribution >= 0.6 is 24.0 Å². The van der Waals surface area contributed by atoms with Gasteiger partial charge in [0.15, 0.2) is 5.96 Å². The van der Waals surface area contributed by atoms with Crippen LogP contribution in [0.2, 0.25) is 0 Å². The van der Waals surface area contributed by atoms with Crippen LogP contribution in [-0.2, 0) is 11.2 Å². The van der Waals surface area contributed by atoms with E-state index in [4.69, 9.17) is 0 Å². The average Bonchev–Trinajstić information content (AvgIpc) is 3.06. The third kappa shape index (κ3) is 7.51. The van der Waals surface area contributed by atoms with Crippen LogP contribution < -0.4 is 5.32 Å². The Morgan fingerprint density at radius 1 is 1.31 bits per heavy atom. The number of aliphatic imine (C=N–C) groups is 1. The van der Waals surface area contributed by atoms with E-state index in [9.17, 15) is 4.79 Å². The van der Waals surface area contributed by atoms with Gasteiger partial charge >= 0.3 is 0 Å². The molecule has 1 saturated heterocycles. The van der Waals surface area contributed by atoms with Crippen molar-refractivity contribution in [2.24, 2.45) is 10.9 Å². The monoisotopic (exact) mass is 472 g/mol. The van der Waals surface area contributed by atoms with E-state index in [1.54, 1.807) is 19.0 Å². The molecule has 0 aromatic heterocycles. The summed E-state index contributed by atoms with van der Waals surface area (Å²) in [6.45, 7) is 5.31. The molecule has 0 bridgehead atoms. The van der Waals surface area contributed by atoms with Crippen molar-refractivity contribution in [1.29, 1.82) is 0 Å². The normalized spacial score (nSPS) is 17.0. The van der Waals surface area contributed by atoms with Crippen molar-refractivity contribution < 1.29 is 4.79 Å². The molecule has 26 heavy (non-hydrogen) atoms. The van der Waals surface area contributed by atoms with Crippen molar-refractivity contribution in [3.8, 4) is 0 Å². The number of nitrogens with one attached hydrogen (secondary N) is 1. The van der Waals surface area contributed by atoms with Gasteiger partial charge in [0.2, 0.25) is 5.91 Å². The first-order valence-electron chi connectivity index (χ1n) is 9.37. The number of carbonyl (C=O) groups excluding carboxylic acids is 1. The fourth-order valence-electron chi connectivity index (χ4n) is 3.07. The van der Waals surface area contributed by atoms with Gasteiger partial charge in [0.1, 0.15) is 6.54 Å². The van der Waals surface area contributed by atoms with Crippen molar-refractivity contribution in [1.82, 2.24) is 15.1 Å². The number of benzene rings is 1. The predicted molar refractivity (Wildman–Crippen MR) is 119 cm³/mol. The van der Waals surface area contributed by atoms with E-state index in [0.29, 0.717) is 5.92 Å². The van der Waals surface area contributed by atoms with Crippen molar-refractivity contribution in [3.05, 3.63) is 35.9 Å². The quantitative estimate of drug-likeness (QED) is 0.287. The molecule has 1 aliphatic rings. The molecule has 1 aromatic rings. The second-order valence-corrected chi connectivity index (χ2v) is 7.00. The number of nitrogens with zero attached hydrogens (tertiary/aromatic N) is 3. The Kier molecular flexibility index (Phi) is 10.6. The largest absolute Gasteiger partial charge is 0.356 e. The first kappa shape index (κ1) is 22.7. The molecule has 1 heterocycles. The fourth-order valence-corrected chi connectivity index (χ4v) is 3.07. The molecule has 1 atom stereocenters. The smallest absolute Gasteiger partial charge is 0.243 e. The van der Waals surface area contributed by atoms with Crippen molar-refractivity contribution in [3.63, 3.8) is 0 Å². The summed E-state index contributed by atoms with van der Waals surface area (Å²) in [5, 5.41) is 3.45. The highest BCUT2D eigenvalue weighted by molar-refractivity contribution is 14.0. The van der Waals surface area contributed by atoms with Gasteiger partial charge in [-0.25, -0.2) is 4.99 Å². The molecule has 1 unspecified atom stereocenters. The van der Waals surface area contributed by atoms with Crippen molar-refractivity contribution >= 4 is 35.8 Å². The molecule has 0 radical (unpaired) electrons. The minimum atomic E-state index is 0. The molecule has 146 valence electrons. The van der Waals surface area contributed by atoms with E-state index in [1.165, 1.54) is 12.0 Å². The summed E-state index contributed by atoms with van der Waals surface area (Å²) in [7, 11) is 3.54. The maximum absolute atomic E-state index is 11.9. The van der Waals surface area contributed by atoms with Crippen LogP contribution in [0.5, 0.6) is 0 Å². The van der Waals surface area contributed by atoms with E-state index in [1.807, 2.05) is 0 Å². The molecule has 0 aliphatic carbocycles. The Morgan fingerprint density at radius 2 is 2.04 bits per heavy atom. The number of halogens is 1. The summed E-state index contributed by atoms with van der Waals surface area (Å²) in [5.74, 6) is 1.57. The highest BCUT2D eigenvalue weighted by atomic mass is 127. The Hall–Kier alpha value is -1.31. The lowest BCUT2D eigenvalue weighted by molar-refractivity contribution is -0.127. The number of amides is 1. The van der Waals surface area contributed by atoms with Gasteiger partial charge in [0.05, 0.1) is 0 Å². The van der Waals surface area contributed by atoms with E-state index >= 15 is 0 Å². The number of rotatable bonds is 7. The van der Waals surface area contributed by atoms with Crippen LogP contribution in [0.25, 0.3) is 0 Å².